The predicted octanol–water partition coefficient (Wildman–Crippen LogP) is 5.98. The average Bonchev–Trinajstić information content (AvgIpc) is 3.03. The highest BCUT2D eigenvalue weighted by Gasteiger charge is 2.17. The number of aromatic nitrogens is 2. The molecule has 2 heterocycles. The molecule has 2 aromatic heterocycles. The van der Waals surface area contributed by atoms with Crippen molar-refractivity contribution in [3.8, 4) is 0 Å². The number of thiazole rings is 1. The van der Waals surface area contributed by atoms with Crippen LogP contribution in [0.25, 0.3) is 0 Å². The lowest BCUT2D eigenvalue weighted by molar-refractivity contribution is 0.356. The second kappa shape index (κ2) is 7.31. The Kier molecular flexibility index (Phi) is 5.81. The van der Waals surface area contributed by atoms with E-state index in [-0.39, 0.29) is 10.8 Å². The Bertz CT molecular complexity index is 690. The molecule has 0 aliphatic heterocycles. The van der Waals surface area contributed by atoms with Crippen LogP contribution in [0.4, 0.5) is 5.13 Å². The number of thioether (sulfide) groups is 1. The monoisotopic (exact) mass is 365 g/mol. The van der Waals surface area contributed by atoms with E-state index in [0.29, 0.717) is 5.75 Å². The van der Waals surface area contributed by atoms with Crippen molar-refractivity contribution in [3.63, 3.8) is 0 Å². The van der Waals surface area contributed by atoms with E-state index in [4.69, 9.17) is 4.42 Å². The van der Waals surface area contributed by atoms with Crippen molar-refractivity contribution in [2.75, 3.05) is 5.32 Å². The Hall–Kier alpha value is -1.27. The zero-order chi connectivity index (χ0) is 18.0. The van der Waals surface area contributed by atoms with Crippen molar-refractivity contribution in [1.82, 2.24) is 9.97 Å². The third-order valence-electron chi connectivity index (χ3n) is 3.29. The molecule has 4 nitrogen and oxygen atoms in total. The summed E-state index contributed by atoms with van der Waals surface area (Å²) in [4.78, 5) is 8.78. The number of hydrogen-bond donors (Lipinski definition) is 1. The van der Waals surface area contributed by atoms with E-state index in [9.17, 15) is 0 Å². The van der Waals surface area contributed by atoms with Crippen molar-refractivity contribution in [2.24, 2.45) is 10.8 Å². The van der Waals surface area contributed by atoms with Crippen molar-refractivity contribution in [1.29, 1.82) is 0 Å². The van der Waals surface area contributed by atoms with Crippen LogP contribution in [0.2, 0.25) is 0 Å². The maximum Gasteiger partial charge on any atom is 0.204 e. The average molecular weight is 366 g/mol. The fourth-order valence-corrected chi connectivity index (χ4v) is 3.60. The minimum Gasteiger partial charge on any atom is -0.445 e. The number of oxazole rings is 1. The molecule has 132 valence electrons. The Morgan fingerprint density at radius 3 is 2.54 bits per heavy atom. The molecule has 0 amide bonds. The molecule has 2 rings (SSSR count). The standard InChI is InChI=1S/C18H27N3OS2/c1-12(18(5,6)7)21-16-20-10-15(24-16)23-11-14-19-9-13(22-14)8-17(2,3)4/h9-10H,1,8,11H2,2-7H3,(H,20,21). The maximum absolute atomic E-state index is 5.82. The summed E-state index contributed by atoms with van der Waals surface area (Å²) >= 11 is 3.31. The third kappa shape index (κ3) is 5.98. The van der Waals surface area contributed by atoms with Gasteiger partial charge >= 0.3 is 0 Å². The number of nitrogens with one attached hydrogen (secondary N) is 1. The third-order valence-corrected chi connectivity index (χ3v) is 5.38. The topological polar surface area (TPSA) is 51.0 Å². The van der Waals surface area contributed by atoms with E-state index in [1.807, 2.05) is 12.4 Å². The lowest BCUT2D eigenvalue weighted by atomic mass is 9.91. The van der Waals surface area contributed by atoms with Crippen LogP contribution in [-0.2, 0) is 12.2 Å². The minimum atomic E-state index is 0.0144. The van der Waals surface area contributed by atoms with Crippen molar-refractivity contribution < 1.29 is 4.42 Å². The van der Waals surface area contributed by atoms with Gasteiger partial charge in [0.1, 0.15) is 5.76 Å². The number of hydrogen-bond acceptors (Lipinski definition) is 6. The molecule has 0 atom stereocenters. The van der Waals surface area contributed by atoms with Gasteiger partial charge in [-0.05, 0) is 5.41 Å². The number of nitrogens with zero attached hydrogens (tertiary/aromatic N) is 2. The highest BCUT2D eigenvalue weighted by atomic mass is 32.2. The molecule has 6 heteroatoms. The van der Waals surface area contributed by atoms with Gasteiger partial charge in [-0.1, -0.05) is 59.5 Å². The molecule has 0 unspecified atom stereocenters. The van der Waals surface area contributed by atoms with Crippen LogP contribution in [0, 0.1) is 10.8 Å². The molecule has 2 aromatic rings. The first-order valence-electron chi connectivity index (χ1n) is 8.01. The van der Waals surface area contributed by atoms with Crippen LogP contribution in [0.15, 0.2) is 33.3 Å². The Morgan fingerprint density at radius 1 is 1.21 bits per heavy atom. The van der Waals surface area contributed by atoms with Gasteiger partial charge in [-0.2, -0.15) is 0 Å². The van der Waals surface area contributed by atoms with E-state index in [1.165, 1.54) is 0 Å². The zero-order valence-electron chi connectivity index (χ0n) is 15.4. The number of anilines is 1. The Balaban J connectivity index is 1.88. The van der Waals surface area contributed by atoms with Gasteiger partial charge < -0.3 is 9.73 Å². The molecule has 0 aliphatic carbocycles. The van der Waals surface area contributed by atoms with Gasteiger partial charge in [0.15, 0.2) is 5.13 Å². The van der Waals surface area contributed by atoms with Crippen LogP contribution in [0.1, 0.15) is 53.2 Å². The van der Waals surface area contributed by atoms with Crippen LogP contribution in [0.5, 0.6) is 0 Å². The van der Waals surface area contributed by atoms with E-state index < -0.39 is 0 Å². The van der Waals surface area contributed by atoms with Gasteiger partial charge in [-0.25, -0.2) is 9.97 Å². The lowest BCUT2D eigenvalue weighted by Crippen LogP contribution is -2.15. The molecular formula is C18H27N3OS2. The lowest BCUT2D eigenvalue weighted by Gasteiger charge is -2.21. The minimum absolute atomic E-state index is 0.0144. The van der Waals surface area contributed by atoms with Gasteiger partial charge in [0.05, 0.1) is 22.4 Å². The van der Waals surface area contributed by atoms with Gasteiger partial charge in [-0.15, -0.1) is 11.8 Å². The van der Waals surface area contributed by atoms with Crippen LogP contribution >= 0.6 is 23.1 Å². The summed E-state index contributed by atoms with van der Waals surface area (Å²) in [5, 5.41) is 4.16. The molecule has 0 saturated carbocycles. The van der Waals surface area contributed by atoms with Gasteiger partial charge in [0, 0.05) is 17.5 Å². The van der Waals surface area contributed by atoms with E-state index in [1.54, 1.807) is 23.1 Å². The fraction of sp³-hybridized carbons (Fsp3) is 0.556. The van der Waals surface area contributed by atoms with E-state index in [0.717, 1.165) is 33.1 Å². The molecule has 0 aromatic carbocycles. The normalized spacial score (nSPS) is 12.4. The second-order valence-electron chi connectivity index (χ2n) is 8.08. The van der Waals surface area contributed by atoms with Gasteiger partial charge in [-0.3, -0.25) is 0 Å². The maximum atomic E-state index is 5.82. The predicted molar refractivity (Wildman–Crippen MR) is 104 cm³/mol. The highest BCUT2D eigenvalue weighted by Crippen LogP contribution is 2.33. The molecule has 0 fully saturated rings. The van der Waals surface area contributed by atoms with E-state index >= 15 is 0 Å². The zero-order valence-corrected chi connectivity index (χ0v) is 17.0. The van der Waals surface area contributed by atoms with Crippen molar-refractivity contribution in [2.45, 2.75) is 57.9 Å². The Labute approximate surface area is 153 Å². The summed E-state index contributed by atoms with van der Waals surface area (Å²) in [5.41, 5.74) is 1.19. The smallest absolute Gasteiger partial charge is 0.204 e. The fourth-order valence-electron chi connectivity index (χ4n) is 1.85. The SMILES string of the molecule is C=C(Nc1ncc(SCc2ncc(CC(C)(C)C)o2)s1)C(C)(C)C. The molecule has 0 aliphatic rings. The van der Waals surface area contributed by atoms with Crippen LogP contribution < -0.4 is 5.32 Å². The van der Waals surface area contributed by atoms with Crippen molar-refractivity contribution >= 4 is 28.2 Å². The van der Waals surface area contributed by atoms with Gasteiger partial charge in [0.25, 0.3) is 0 Å². The first-order chi connectivity index (χ1) is 11.0. The largest absolute Gasteiger partial charge is 0.445 e. The van der Waals surface area contributed by atoms with Gasteiger partial charge in [0.2, 0.25) is 5.89 Å². The highest BCUT2D eigenvalue weighted by molar-refractivity contribution is 8.00. The Morgan fingerprint density at radius 2 is 1.92 bits per heavy atom. The molecular weight excluding hydrogens is 338 g/mol. The van der Waals surface area contributed by atoms with Crippen LogP contribution in [0.3, 0.4) is 0 Å². The molecule has 0 bridgehead atoms. The first-order valence-corrected chi connectivity index (χ1v) is 9.82. The number of rotatable bonds is 6. The summed E-state index contributed by atoms with van der Waals surface area (Å²) in [6.45, 7) is 17.1. The quantitative estimate of drug-likeness (QED) is 0.638. The molecule has 1 N–H and O–H groups in total. The molecule has 0 spiro atoms. The second-order valence-corrected chi connectivity index (χ2v) is 10.4. The summed E-state index contributed by atoms with van der Waals surface area (Å²) < 4.78 is 6.95. The summed E-state index contributed by atoms with van der Waals surface area (Å²) in [6.07, 6.45) is 4.62. The summed E-state index contributed by atoms with van der Waals surface area (Å²) in [6, 6.07) is 0. The molecule has 0 saturated heterocycles. The number of allylic oxidation sites excluding steroid dienone is 1. The summed E-state index contributed by atoms with van der Waals surface area (Å²) in [7, 11) is 0. The first kappa shape index (κ1) is 19.1. The van der Waals surface area contributed by atoms with Crippen molar-refractivity contribution in [3.05, 3.63) is 36.3 Å². The summed E-state index contributed by atoms with van der Waals surface area (Å²) in [5.74, 6) is 2.43. The molecule has 24 heavy (non-hydrogen) atoms. The molecule has 0 radical (unpaired) electrons. The van der Waals surface area contributed by atoms with Crippen LogP contribution in [-0.4, -0.2) is 9.97 Å². The van der Waals surface area contributed by atoms with E-state index in [2.05, 4.69) is 63.4 Å².